The number of piperazine rings is 1. The maximum Gasteiger partial charge on any atom is 0.252 e. The van der Waals surface area contributed by atoms with Crippen LogP contribution in [-0.4, -0.2) is 39.6 Å². The standard InChI is InChI=1S/C23H23F2N5O/c1-14-12-30(15(2)11-29(14)13-16-4-6-18(24)19(25)8-16)21-9-22(31)28(3)20-7-5-17(10-26)27-23(20)21/h4-9,14-15H,11-13H2,1-3H3/t14-,15-/m0/s1. The number of halogens is 2. The lowest BCUT2D eigenvalue weighted by Gasteiger charge is -2.45. The molecule has 0 N–H and O–H groups in total. The van der Waals surface area contributed by atoms with Gasteiger partial charge in [-0.2, -0.15) is 5.26 Å². The van der Waals surface area contributed by atoms with Crippen molar-refractivity contribution >= 4 is 16.7 Å². The van der Waals surface area contributed by atoms with Gasteiger partial charge in [-0.15, -0.1) is 0 Å². The summed E-state index contributed by atoms with van der Waals surface area (Å²) < 4.78 is 28.4. The molecule has 0 bridgehead atoms. The quantitative estimate of drug-likeness (QED) is 0.648. The SMILES string of the molecule is C[C@H]1CN(c2cc(=O)n(C)c3ccc(C#N)nc23)[C@@H](C)CN1Cc1ccc(F)c(F)c1. The lowest BCUT2D eigenvalue weighted by molar-refractivity contribution is 0.158. The van der Waals surface area contributed by atoms with E-state index in [0.717, 1.165) is 6.07 Å². The lowest BCUT2D eigenvalue weighted by Crippen LogP contribution is -2.56. The number of hydrogen-bond donors (Lipinski definition) is 0. The Morgan fingerprint density at radius 1 is 1.10 bits per heavy atom. The van der Waals surface area contributed by atoms with E-state index in [1.807, 2.05) is 0 Å². The highest BCUT2D eigenvalue weighted by molar-refractivity contribution is 5.89. The molecule has 0 saturated carbocycles. The average Bonchev–Trinajstić information content (AvgIpc) is 2.75. The van der Waals surface area contributed by atoms with Crippen LogP contribution in [0, 0.1) is 23.0 Å². The van der Waals surface area contributed by atoms with Crippen molar-refractivity contribution in [1.82, 2.24) is 14.5 Å². The second kappa shape index (κ2) is 8.08. The topological polar surface area (TPSA) is 65.2 Å². The van der Waals surface area contributed by atoms with Gasteiger partial charge in [0.15, 0.2) is 11.6 Å². The first-order valence-corrected chi connectivity index (χ1v) is 10.1. The molecule has 3 aromatic rings. The van der Waals surface area contributed by atoms with Gasteiger partial charge >= 0.3 is 0 Å². The number of nitrogens with zero attached hydrogens (tertiary/aromatic N) is 5. The van der Waals surface area contributed by atoms with Gasteiger partial charge in [0.05, 0.1) is 11.2 Å². The van der Waals surface area contributed by atoms with Crippen LogP contribution in [0.4, 0.5) is 14.5 Å². The van der Waals surface area contributed by atoms with Crippen molar-refractivity contribution in [2.24, 2.45) is 7.05 Å². The number of aromatic nitrogens is 2. The maximum absolute atomic E-state index is 13.6. The first kappa shape index (κ1) is 20.9. The molecule has 1 saturated heterocycles. The number of nitriles is 1. The van der Waals surface area contributed by atoms with Crippen molar-refractivity contribution in [2.75, 3.05) is 18.0 Å². The molecule has 1 aliphatic rings. The molecular formula is C23H23F2N5O. The Hall–Kier alpha value is -3.31. The van der Waals surface area contributed by atoms with E-state index in [4.69, 9.17) is 0 Å². The minimum absolute atomic E-state index is 0.0457. The molecule has 2 aromatic heterocycles. The molecule has 160 valence electrons. The summed E-state index contributed by atoms with van der Waals surface area (Å²) in [4.78, 5) is 21.4. The molecule has 31 heavy (non-hydrogen) atoms. The normalized spacial score (nSPS) is 19.5. The predicted molar refractivity (Wildman–Crippen MR) is 115 cm³/mol. The van der Waals surface area contributed by atoms with Gasteiger partial charge in [0.25, 0.3) is 5.56 Å². The molecule has 3 heterocycles. The van der Waals surface area contributed by atoms with Crippen LogP contribution < -0.4 is 10.5 Å². The predicted octanol–water partition coefficient (Wildman–Crippen LogP) is 3.18. The molecule has 8 heteroatoms. The van der Waals surface area contributed by atoms with Crippen LogP contribution in [0.1, 0.15) is 25.1 Å². The first-order chi connectivity index (χ1) is 14.8. The number of fused-ring (bicyclic) bond motifs is 1. The second-order valence-electron chi connectivity index (χ2n) is 8.13. The van der Waals surface area contributed by atoms with Crippen molar-refractivity contribution in [1.29, 1.82) is 5.26 Å². The molecule has 1 aromatic carbocycles. The smallest absolute Gasteiger partial charge is 0.252 e. The zero-order chi connectivity index (χ0) is 22.3. The minimum atomic E-state index is -0.850. The van der Waals surface area contributed by atoms with E-state index in [0.29, 0.717) is 47.6 Å². The summed E-state index contributed by atoms with van der Waals surface area (Å²) in [6.07, 6.45) is 0. The Labute approximate surface area is 179 Å². The summed E-state index contributed by atoms with van der Waals surface area (Å²) in [7, 11) is 1.69. The molecule has 2 atom stereocenters. The van der Waals surface area contributed by atoms with E-state index in [-0.39, 0.29) is 17.6 Å². The molecule has 4 rings (SSSR count). The number of hydrogen-bond acceptors (Lipinski definition) is 5. The monoisotopic (exact) mass is 423 g/mol. The van der Waals surface area contributed by atoms with Gasteiger partial charge in [0.2, 0.25) is 0 Å². The van der Waals surface area contributed by atoms with Gasteiger partial charge in [-0.05, 0) is 43.7 Å². The Morgan fingerprint density at radius 3 is 2.58 bits per heavy atom. The van der Waals surface area contributed by atoms with Crippen molar-refractivity contribution < 1.29 is 8.78 Å². The first-order valence-electron chi connectivity index (χ1n) is 10.1. The van der Waals surface area contributed by atoms with E-state index in [9.17, 15) is 18.8 Å². The van der Waals surface area contributed by atoms with E-state index >= 15 is 0 Å². The Kier molecular flexibility index (Phi) is 5.46. The molecule has 1 aliphatic heterocycles. The third-order valence-corrected chi connectivity index (χ3v) is 5.98. The Balaban J connectivity index is 1.66. The Morgan fingerprint density at radius 2 is 1.87 bits per heavy atom. The van der Waals surface area contributed by atoms with Gasteiger partial charge < -0.3 is 9.47 Å². The van der Waals surface area contributed by atoms with Crippen molar-refractivity contribution in [3.63, 3.8) is 0 Å². The fraction of sp³-hybridized carbons (Fsp3) is 0.348. The second-order valence-corrected chi connectivity index (χ2v) is 8.13. The van der Waals surface area contributed by atoms with Crippen molar-refractivity contribution in [3.05, 3.63) is 69.6 Å². The molecule has 1 fully saturated rings. The third-order valence-electron chi connectivity index (χ3n) is 5.98. The zero-order valence-corrected chi connectivity index (χ0v) is 17.6. The molecular weight excluding hydrogens is 400 g/mol. The molecule has 0 radical (unpaired) electrons. The fourth-order valence-corrected chi connectivity index (χ4v) is 4.22. The van der Waals surface area contributed by atoms with E-state index in [2.05, 4.69) is 34.7 Å². The summed E-state index contributed by atoms with van der Waals surface area (Å²) in [6.45, 7) is 5.93. The van der Waals surface area contributed by atoms with Gasteiger partial charge in [-0.1, -0.05) is 6.07 Å². The lowest BCUT2D eigenvalue weighted by atomic mass is 10.0. The summed E-state index contributed by atoms with van der Waals surface area (Å²) in [6, 6.07) is 11.1. The fourth-order valence-electron chi connectivity index (χ4n) is 4.22. The van der Waals surface area contributed by atoms with Gasteiger partial charge in [-0.3, -0.25) is 9.69 Å². The molecule has 0 amide bonds. The highest BCUT2D eigenvalue weighted by Gasteiger charge is 2.31. The van der Waals surface area contributed by atoms with Gasteiger partial charge in [0.1, 0.15) is 17.3 Å². The van der Waals surface area contributed by atoms with E-state index < -0.39 is 11.6 Å². The number of pyridine rings is 2. The van der Waals surface area contributed by atoms with Crippen LogP contribution in [0.3, 0.4) is 0 Å². The summed E-state index contributed by atoms with van der Waals surface area (Å²) in [5.41, 5.74) is 2.87. The number of anilines is 1. The van der Waals surface area contributed by atoms with Crippen LogP contribution in [0.15, 0.2) is 41.2 Å². The average molecular weight is 423 g/mol. The van der Waals surface area contributed by atoms with Crippen LogP contribution in [0.25, 0.3) is 11.0 Å². The molecule has 6 nitrogen and oxygen atoms in total. The number of benzene rings is 1. The van der Waals surface area contributed by atoms with Crippen molar-refractivity contribution in [3.8, 4) is 6.07 Å². The summed E-state index contributed by atoms with van der Waals surface area (Å²) in [5.74, 6) is -1.69. The number of rotatable bonds is 3. The minimum Gasteiger partial charge on any atom is -0.364 e. The highest BCUT2D eigenvalue weighted by Crippen LogP contribution is 2.29. The maximum atomic E-state index is 13.6. The van der Waals surface area contributed by atoms with Crippen LogP contribution in [0.5, 0.6) is 0 Å². The van der Waals surface area contributed by atoms with E-state index in [1.54, 1.807) is 31.3 Å². The highest BCUT2D eigenvalue weighted by atomic mass is 19.2. The van der Waals surface area contributed by atoms with Crippen LogP contribution in [0.2, 0.25) is 0 Å². The van der Waals surface area contributed by atoms with Gasteiger partial charge in [-0.25, -0.2) is 13.8 Å². The molecule has 0 spiro atoms. The van der Waals surface area contributed by atoms with Crippen LogP contribution >= 0.6 is 0 Å². The molecule has 0 aliphatic carbocycles. The van der Waals surface area contributed by atoms with Gasteiger partial charge in [0, 0.05) is 44.8 Å². The van der Waals surface area contributed by atoms with Crippen LogP contribution in [-0.2, 0) is 13.6 Å². The largest absolute Gasteiger partial charge is 0.364 e. The van der Waals surface area contributed by atoms with Crippen molar-refractivity contribution in [2.45, 2.75) is 32.5 Å². The summed E-state index contributed by atoms with van der Waals surface area (Å²) >= 11 is 0. The van der Waals surface area contributed by atoms with E-state index in [1.165, 1.54) is 10.6 Å². The zero-order valence-electron chi connectivity index (χ0n) is 17.6. The number of aryl methyl sites for hydroxylation is 1. The third kappa shape index (κ3) is 3.89. The molecule has 0 unspecified atom stereocenters. The Bertz CT molecular complexity index is 1250. The summed E-state index contributed by atoms with van der Waals surface area (Å²) in [5, 5.41) is 9.28.